The zero-order valence-electron chi connectivity index (χ0n) is 11.7. The topological polar surface area (TPSA) is 82.7 Å². The van der Waals surface area contributed by atoms with Gasteiger partial charge in [-0.2, -0.15) is 5.26 Å². The first-order chi connectivity index (χ1) is 10.8. The van der Waals surface area contributed by atoms with Crippen LogP contribution in [0.2, 0.25) is 0 Å². The molecular weight excluding hydrogens is 278 g/mol. The summed E-state index contributed by atoms with van der Waals surface area (Å²) >= 11 is 0. The third-order valence-corrected chi connectivity index (χ3v) is 4.16. The van der Waals surface area contributed by atoms with Crippen molar-refractivity contribution in [2.45, 2.75) is 18.3 Å². The molecule has 1 aliphatic carbocycles. The summed E-state index contributed by atoms with van der Waals surface area (Å²) in [5, 5.41) is 9.41. The second-order valence-corrected chi connectivity index (χ2v) is 5.57. The van der Waals surface area contributed by atoms with Crippen LogP contribution in [0.4, 0.5) is 0 Å². The molecule has 1 aromatic carbocycles. The highest BCUT2D eigenvalue weighted by Crippen LogP contribution is 2.50. The molecule has 22 heavy (non-hydrogen) atoms. The molecule has 1 aliphatic rings. The molecule has 4 rings (SSSR count). The third-order valence-electron chi connectivity index (χ3n) is 4.16. The maximum Gasteiger partial charge on any atom is 0.162 e. The summed E-state index contributed by atoms with van der Waals surface area (Å²) in [6, 6.07) is 13.3. The van der Waals surface area contributed by atoms with Crippen LogP contribution in [-0.2, 0) is 4.79 Å². The van der Waals surface area contributed by atoms with Crippen molar-refractivity contribution in [1.29, 1.82) is 5.26 Å². The Labute approximate surface area is 126 Å². The first-order valence-electron chi connectivity index (χ1n) is 7.19. The van der Waals surface area contributed by atoms with Gasteiger partial charge in [0, 0.05) is 11.8 Å². The minimum atomic E-state index is -0.850. The molecular formula is C17H13N3O2. The molecule has 1 N–H and O–H groups in total. The van der Waals surface area contributed by atoms with Crippen molar-refractivity contribution in [1.82, 2.24) is 9.97 Å². The molecule has 3 atom stereocenters. The SMILES string of the molecule is N#C[C@H](C(=O)[C@H]1C[C@H]1c1ccco1)c1nc2ccccc2[nH]1. The number of aromatic amines is 1. The lowest BCUT2D eigenvalue weighted by atomic mass is 10.00. The number of nitrogens with one attached hydrogen (secondary N) is 1. The van der Waals surface area contributed by atoms with Crippen molar-refractivity contribution in [3.63, 3.8) is 0 Å². The highest BCUT2D eigenvalue weighted by atomic mass is 16.3. The monoisotopic (exact) mass is 291 g/mol. The number of carbonyl (C=O) groups is 1. The minimum Gasteiger partial charge on any atom is -0.469 e. The van der Waals surface area contributed by atoms with Crippen LogP contribution in [0.1, 0.15) is 29.8 Å². The molecule has 0 amide bonds. The molecule has 0 unspecified atom stereocenters. The second kappa shape index (κ2) is 4.85. The van der Waals surface area contributed by atoms with Gasteiger partial charge >= 0.3 is 0 Å². The van der Waals surface area contributed by atoms with Crippen molar-refractivity contribution in [2.75, 3.05) is 0 Å². The fourth-order valence-corrected chi connectivity index (χ4v) is 2.91. The molecule has 2 heterocycles. The largest absolute Gasteiger partial charge is 0.469 e. The van der Waals surface area contributed by atoms with Crippen molar-refractivity contribution in [3.05, 3.63) is 54.2 Å². The number of nitrogens with zero attached hydrogens (tertiary/aromatic N) is 2. The Morgan fingerprint density at radius 3 is 2.95 bits per heavy atom. The summed E-state index contributed by atoms with van der Waals surface area (Å²) in [6.07, 6.45) is 2.35. The second-order valence-electron chi connectivity index (χ2n) is 5.57. The Morgan fingerprint density at radius 2 is 2.23 bits per heavy atom. The molecule has 5 heteroatoms. The summed E-state index contributed by atoms with van der Waals surface area (Å²) in [5.74, 6) is 0.269. The zero-order chi connectivity index (χ0) is 15.1. The molecule has 0 saturated heterocycles. The van der Waals surface area contributed by atoms with Crippen LogP contribution in [0, 0.1) is 17.2 Å². The van der Waals surface area contributed by atoms with Crippen LogP contribution in [0.15, 0.2) is 47.1 Å². The van der Waals surface area contributed by atoms with E-state index in [2.05, 4.69) is 16.0 Å². The molecule has 0 bridgehead atoms. The number of imidazole rings is 1. The fourth-order valence-electron chi connectivity index (χ4n) is 2.91. The first-order valence-corrected chi connectivity index (χ1v) is 7.19. The van der Waals surface area contributed by atoms with Crippen LogP contribution in [0.5, 0.6) is 0 Å². The summed E-state index contributed by atoms with van der Waals surface area (Å²) in [7, 11) is 0. The van der Waals surface area contributed by atoms with Gasteiger partial charge in [-0.15, -0.1) is 0 Å². The molecule has 108 valence electrons. The van der Waals surface area contributed by atoms with Crippen molar-refractivity contribution in [3.8, 4) is 6.07 Å². The number of hydrogen-bond donors (Lipinski definition) is 1. The number of hydrogen-bond acceptors (Lipinski definition) is 4. The van der Waals surface area contributed by atoms with E-state index in [1.54, 1.807) is 6.26 Å². The Bertz CT molecular complexity index is 840. The number of rotatable bonds is 4. The predicted molar refractivity (Wildman–Crippen MR) is 79.0 cm³/mol. The Balaban J connectivity index is 1.60. The van der Waals surface area contributed by atoms with E-state index < -0.39 is 5.92 Å². The number of carbonyl (C=O) groups excluding carboxylic acids is 1. The van der Waals surface area contributed by atoms with Crippen molar-refractivity contribution in [2.24, 2.45) is 5.92 Å². The van der Waals surface area contributed by atoms with E-state index in [-0.39, 0.29) is 17.6 Å². The summed E-state index contributed by atoms with van der Waals surface area (Å²) in [6.45, 7) is 0. The number of benzene rings is 1. The van der Waals surface area contributed by atoms with Gasteiger partial charge in [-0.3, -0.25) is 4.79 Å². The Kier molecular flexibility index (Phi) is 2.83. The molecule has 0 spiro atoms. The standard InChI is InChI=1S/C17H13N3O2/c18-9-12(17-19-13-4-1-2-5-14(13)20-17)16(21)11-8-10(11)15-6-3-7-22-15/h1-7,10-12H,8H2,(H,19,20)/t10-,11+,12-/m1/s1. The number of ketones is 1. The van der Waals surface area contributed by atoms with Gasteiger partial charge < -0.3 is 9.40 Å². The highest BCUT2D eigenvalue weighted by Gasteiger charge is 2.48. The van der Waals surface area contributed by atoms with Crippen molar-refractivity contribution >= 4 is 16.8 Å². The molecule has 0 aliphatic heterocycles. The Hall–Kier alpha value is -2.87. The van der Waals surface area contributed by atoms with Crippen LogP contribution in [-0.4, -0.2) is 15.8 Å². The van der Waals surface area contributed by atoms with Gasteiger partial charge in [-0.05, 0) is 30.7 Å². The van der Waals surface area contributed by atoms with Gasteiger partial charge in [0.2, 0.25) is 0 Å². The number of aromatic nitrogens is 2. The molecule has 5 nitrogen and oxygen atoms in total. The van der Waals surface area contributed by atoms with E-state index in [0.717, 1.165) is 23.2 Å². The first kappa shape index (κ1) is 12.8. The smallest absolute Gasteiger partial charge is 0.162 e. The van der Waals surface area contributed by atoms with E-state index in [1.165, 1.54) is 0 Å². The van der Waals surface area contributed by atoms with Crippen LogP contribution in [0.3, 0.4) is 0 Å². The summed E-state index contributed by atoms with van der Waals surface area (Å²) in [4.78, 5) is 20.1. The van der Waals surface area contributed by atoms with Gasteiger partial charge in [0.05, 0.1) is 23.4 Å². The zero-order valence-corrected chi connectivity index (χ0v) is 11.7. The average molecular weight is 291 g/mol. The van der Waals surface area contributed by atoms with Crippen LogP contribution in [0.25, 0.3) is 11.0 Å². The summed E-state index contributed by atoms with van der Waals surface area (Å²) in [5.41, 5.74) is 1.60. The highest BCUT2D eigenvalue weighted by molar-refractivity contribution is 5.93. The quantitative estimate of drug-likeness (QED) is 0.800. The van der Waals surface area contributed by atoms with Crippen LogP contribution >= 0.6 is 0 Å². The predicted octanol–water partition coefficient (Wildman–Crippen LogP) is 3.14. The number of Topliss-reactive ketones (excluding diaryl/α,β-unsaturated/α-hetero) is 1. The van der Waals surface area contributed by atoms with Gasteiger partial charge in [0.1, 0.15) is 11.6 Å². The number of fused-ring (bicyclic) bond motifs is 1. The number of nitriles is 1. The minimum absolute atomic E-state index is 0.0806. The van der Waals surface area contributed by atoms with E-state index in [1.807, 2.05) is 36.4 Å². The van der Waals surface area contributed by atoms with E-state index in [4.69, 9.17) is 4.42 Å². The van der Waals surface area contributed by atoms with Gasteiger partial charge in [0.15, 0.2) is 11.7 Å². The number of para-hydroxylation sites is 2. The fraction of sp³-hybridized carbons (Fsp3) is 0.235. The third kappa shape index (κ3) is 2.01. The van der Waals surface area contributed by atoms with E-state index >= 15 is 0 Å². The molecule has 0 radical (unpaired) electrons. The molecule has 3 aromatic rings. The van der Waals surface area contributed by atoms with E-state index in [9.17, 15) is 10.1 Å². The van der Waals surface area contributed by atoms with Gasteiger partial charge in [-0.25, -0.2) is 4.98 Å². The van der Waals surface area contributed by atoms with Gasteiger partial charge in [0.25, 0.3) is 0 Å². The normalized spacial score (nSPS) is 21.4. The maximum absolute atomic E-state index is 12.6. The molecule has 1 saturated carbocycles. The lowest BCUT2D eigenvalue weighted by Gasteiger charge is -2.04. The molecule has 1 fully saturated rings. The van der Waals surface area contributed by atoms with Crippen molar-refractivity contribution < 1.29 is 9.21 Å². The van der Waals surface area contributed by atoms with Gasteiger partial charge in [-0.1, -0.05) is 12.1 Å². The maximum atomic E-state index is 12.6. The van der Waals surface area contributed by atoms with Crippen LogP contribution < -0.4 is 0 Å². The average Bonchev–Trinajstić information content (AvgIpc) is 2.97. The lowest BCUT2D eigenvalue weighted by molar-refractivity contribution is -0.120. The number of H-pyrrole nitrogens is 1. The molecule has 2 aromatic heterocycles. The summed E-state index contributed by atoms with van der Waals surface area (Å²) < 4.78 is 5.35. The van der Waals surface area contributed by atoms with E-state index in [0.29, 0.717) is 5.82 Å². The number of furan rings is 1. The lowest BCUT2D eigenvalue weighted by Crippen LogP contribution is -2.15. The Morgan fingerprint density at radius 1 is 1.36 bits per heavy atom.